The summed E-state index contributed by atoms with van der Waals surface area (Å²) >= 11 is 0. The molecule has 2 fully saturated rings. The Morgan fingerprint density at radius 2 is 1.93 bits per heavy atom. The van der Waals surface area contributed by atoms with Crippen LogP contribution in [0.1, 0.15) is 53.3 Å². The Morgan fingerprint density at radius 3 is 2.65 bits per heavy atom. The van der Waals surface area contributed by atoms with Crippen molar-refractivity contribution in [2.45, 2.75) is 51.3 Å². The lowest BCUT2D eigenvalue weighted by Gasteiger charge is -2.28. The third kappa shape index (κ3) is 5.36. The molecule has 4 heterocycles. The van der Waals surface area contributed by atoms with Crippen LogP contribution < -0.4 is 5.32 Å². The Bertz CT molecular complexity index is 1530. The number of rotatable bonds is 6. The number of carbonyl (C=O) groups excluding carboxylic acids is 1. The molecule has 0 spiro atoms. The zero-order valence-electron chi connectivity index (χ0n) is 22.8. The number of hydrogen-bond acceptors (Lipinski definition) is 7. The van der Waals surface area contributed by atoms with Crippen LogP contribution >= 0.6 is 0 Å². The summed E-state index contributed by atoms with van der Waals surface area (Å²) in [5.74, 6) is -0.914. The number of nitrogens with zero attached hydrogens (tertiary/aromatic N) is 6. The normalized spacial score (nSPS) is 20.2. The largest absolute Gasteiger partial charge is 0.393 e. The van der Waals surface area contributed by atoms with Crippen molar-refractivity contribution in [1.82, 2.24) is 29.2 Å². The monoisotopic (exact) mass is 547 g/mol. The van der Waals surface area contributed by atoms with Gasteiger partial charge in [0.05, 0.1) is 42.1 Å². The first-order chi connectivity index (χ1) is 19.4. The lowest BCUT2D eigenvalue weighted by Crippen LogP contribution is -2.35. The smallest absolute Gasteiger partial charge is 0.261 e. The second kappa shape index (κ2) is 11.1. The predicted molar refractivity (Wildman–Crippen MR) is 148 cm³/mol. The molecule has 2 N–H and O–H groups in total. The Kier molecular flexibility index (Phi) is 7.35. The molecule has 1 saturated carbocycles. The molecule has 0 bridgehead atoms. The number of aromatic nitrogens is 5. The maximum atomic E-state index is 15.7. The van der Waals surface area contributed by atoms with Crippen LogP contribution in [0.4, 0.5) is 10.3 Å². The molecule has 0 atom stereocenters. The number of carbonyl (C=O) groups is 1. The van der Waals surface area contributed by atoms with E-state index in [1.807, 2.05) is 4.57 Å². The molecule has 6 rings (SSSR count). The molecule has 1 aromatic carbocycles. The van der Waals surface area contributed by atoms with Crippen LogP contribution in [0.25, 0.3) is 22.3 Å². The minimum atomic E-state index is -0.702. The second-order valence-corrected chi connectivity index (χ2v) is 10.8. The van der Waals surface area contributed by atoms with Crippen LogP contribution in [0.2, 0.25) is 0 Å². The summed E-state index contributed by atoms with van der Waals surface area (Å²) < 4.78 is 24.7. The molecule has 2 aliphatic rings. The molecule has 4 aromatic rings. The number of aliphatic hydroxyl groups excluding tert-OH is 1. The SMILES string of the molecule is Cc1cc(C(=O)Nc2nc3cc(CN4CCOCC4)ccc3n2C2CCC(O)CC2)c(F)c(-c2cnn(C)c2)n1. The van der Waals surface area contributed by atoms with Gasteiger partial charge in [0.15, 0.2) is 5.82 Å². The fraction of sp³-hybridized carbons (Fsp3) is 0.448. The summed E-state index contributed by atoms with van der Waals surface area (Å²) in [7, 11) is 1.74. The number of amides is 1. The highest BCUT2D eigenvalue weighted by atomic mass is 19.1. The van der Waals surface area contributed by atoms with Gasteiger partial charge < -0.3 is 14.4 Å². The summed E-state index contributed by atoms with van der Waals surface area (Å²) in [5, 5.41) is 17.1. The van der Waals surface area contributed by atoms with Crippen LogP contribution in [0.3, 0.4) is 0 Å². The molecule has 1 saturated heterocycles. The maximum absolute atomic E-state index is 15.7. The number of aryl methyl sites for hydroxylation is 2. The van der Waals surface area contributed by atoms with Crippen molar-refractivity contribution >= 4 is 22.9 Å². The fourth-order valence-corrected chi connectivity index (χ4v) is 5.76. The summed E-state index contributed by atoms with van der Waals surface area (Å²) in [5.41, 5.74) is 3.82. The van der Waals surface area contributed by atoms with E-state index in [1.165, 1.54) is 12.3 Å². The molecule has 3 aromatic heterocycles. The van der Waals surface area contributed by atoms with Gasteiger partial charge in [-0.1, -0.05) is 6.07 Å². The standard InChI is InChI=1S/C29H34FN7O3/c1-18-13-23(26(30)27(32-18)20-15-31-35(2)17-20)28(39)34-29-33-24-14-19(16-36-9-11-40-12-10-36)3-8-25(24)37(29)21-4-6-22(38)7-5-21/h3,8,13-15,17,21-22,38H,4-7,9-12,16H2,1-2H3,(H,33,34,39). The van der Waals surface area contributed by atoms with Gasteiger partial charge in [0.2, 0.25) is 5.95 Å². The van der Waals surface area contributed by atoms with Crippen molar-refractivity contribution in [1.29, 1.82) is 0 Å². The first-order valence-corrected chi connectivity index (χ1v) is 13.8. The number of aliphatic hydroxyl groups is 1. The quantitative estimate of drug-likeness (QED) is 0.377. The van der Waals surface area contributed by atoms with E-state index in [1.54, 1.807) is 24.9 Å². The maximum Gasteiger partial charge on any atom is 0.261 e. The van der Waals surface area contributed by atoms with Crippen molar-refractivity contribution in [3.8, 4) is 11.3 Å². The van der Waals surface area contributed by atoms with E-state index < -0.39 is 11.7 Å². The minimum absolute atomic E-state index is 0.0590. The van der Waals surface area contributed by atoms with Gasteiger partial charge in [0, 0.05) is 50.2 Å². The number of anilines is 1. The number of benzene rings is 1. The molecule has 1 aliphatic carbocycles. The van der Waals surface area contributed by atoms with Gasteiger partial charge in [-0.15, -0.1) is 0 Å². The van der Waals surface area contributed by atoms with Crippen LogP contribution in [0.5, 0.6) is 0 Å². The molecule has 210 valence electrons. The van der Waals surface area contributed by atoms with E-state index in [0.717, 1.165) is 62.3 Å². The number of hydrogen-bond donors (Lipinski definition) is 2. The average molecular weight is 548 g/mol. The van der Waals surface area contributed by atoms with Crippen molar-refractivity contribution < 1.29 is 19.0 Å². The fourth-order valence-electron chi connectivity index (χ4n) is 5.76. The highest BCUT2D eigenvalue weighted by Crippen LogP contribution is 2.35. The van der Waals surface area contributed by atoms with Gasteiger partial charge in [0.1, 0.15) is 5.69 Å². The van der Waals surface area contributed by atoms with Gasteiger partial charge in [-0.3, -0.25) is 19.7 Å². The van der Waals surface area contributed by atoms with E-state index in [9.17, 15) is 9.90 Å². The third-order valence-corrected chi connectivity index (χ3v) is 7.83. The predicted octanol–water partition coefficient (Wildman–Crippen LogP) is 3.84. The molecular weight excluding hydrogens is 513 g/mol. The zero-order chi connectivity index (χ0) is 27.8. The summed E-state index contributed by atoms with van der Waals surface area (Å²) in [4.78, 5) is 25.1. The molecule has 1 amide bonds. The molecular formula is C29H34FN7O3. The lowest BCUT2D eigenvalue weighted by atomic mass is 9.93. The Morgan fingerprint density at radius 1 is 1.15 bits per heavy atom. The zero-order valence-corrected chi connectivity index (χ0v) is 22.8. The molecule has 0 unspecified atom stereocenters. The third-order valence-electron chi connectivity index (χ3n) is 7.83. The molecule has 1 aliphatic heterocycles. The molecule has 11 heteroatoms. The van der Waals surface area contributed by atoms with Crippen molar-refractivity contribution in [3.63, 3.8) is 0 Å². The number of nitrogens with one attached hydrogen (secondary N) is 1. The molecule has 40 heavy (non-hydrogen) atoms. The highest BCUT2D eigenvalue weighted by molar-refractivity contribution is 6.05. The van der Waals surface area contributed by atoms with Crippen molar-refractivity contribution in [2.75, 3.05) is 31.6 Å². The number of fused-ring (bicyclic) bond motifs is 1. The van der Waals surface area contributed by atoms with Crippen LogP contribution in [-0.2, 0) is 18.3 Å². The van der Waals surface area contributed by atoms with Crippen molar-refractivity contribution in [2.24, 2.45) is 7.05 Å². The minimum Gasteiger partial charge on any atom is -0.393 e. The first kappa shape index (κ1) is 26.5. The number of pyridine rings is 1. The van der Waals surface area contributed by atoms with Crippen LogP contribution in [0.15, 0.2) is 36.7 Å². The summed E-state index contributed by atoms with van der Waals surface area (Å²) in [6.45, 7) is 5.76. The Labute approximate surface area is 231 Å². The molecule has 0 radical (unpaired) electrons. The number of morpholine rings is 1. The van der Waals surface area contributed by atoms with Crippen LogP contribution in [-0.4, -0.2) is 72.6 Å². The average Bonchev–Trinajstić information content (AvgIpc) is 3.53. The topological polar surface area (TPSA) is 110 Å². The molecule has 10 nitrogen and oxygen atoms in total. The van der Waals surface area contributed by atoms with Gasteiger partial charge in [-0.2, -0.15) is 5.10 Å². The highest BCUT2D eigenvalue weighted by Gasteiger charge is 2.27. The summed E-state index contributed by atoms with van der Waals surface area (Å²) in [6, 6.07) is 7.73. The van der Waals surface area contributed by atoms with Gasteiger partial charge in [-0.25, -0.2) is 14.4 Å². The first-order valence-electron chi connectivity index (χ1n) is 13.8. The number of ether oxygens (including phenoxy) is 1. The van der Waals surface area contributed by atoms with Gasteiger partial charge in [-0.05, 0) is 56.4 Å². The van der Waals surface area contributed by atoms with Gasteiger partial charge in [0.25, 0.3) is 5.91 Å². The second-order valence-electron chi connectivity index (χ2n) is 10.8. The lowest BCUT2D eigenvalue weighted by molar-refractivity contribution is 0.0342. The van der Waals surface area contributed by atoms with E-state index in [0.29, 0.717) is 30.0 Å². The van der Waals surface area contributed by atoms with E-state index in [4.69, 9.17) is 9.72 Å². The number of imidazole rings is 1. The Hall–Kier alpha value is -3.67. The number of halogens is 1. The van der Waals surface area contributed by atoms with E-state index in [2.05, 4.69) is 38.5 Å². The van der Waals surface area contributed by atoms with Crippen molar-refractivity contribution in [3.05, 3.63) is 59.3 Å². The summed E-state index contributed by atoms with van der Waals surface area (Å²) in [6.07, 6.45) is 5.76. The Balaban J connectivity index is 1.35. The van der Waals surface area contributed by atoms with E-state index >= 15 is 4.39 Å². The van der Waals surface area contributed by atoms with Crippen LogP contribution in [0, 0.1) is 12.7 Å². The van der Waals surface area contributed by atoms with E-state index in [-0.39, 0.29) is 23.4 Å². The van der Waals surface area contributed by atoms with Gasteiger partial charge >= 0.3 is 0 Å².